The van der Waals surface area contributed by atoms with Crippen LogP contribution in [0, 0.1) is 5.41 Å². The lowest BCUT2D eigenvalue weighted by Gasteiger charge is -2.24. The summed E-state index contributed by atoms with van der Waals surface area (Å²) in [6.07, 6.45) is 1.43. The van der Waals surface area contributed by atoms with Crippen LogP contribution in [0.15, 0.2) is 0 Å². The van der Waals surface area contributed by atoms with E-state index in [4.69, 9.17) is 11.1 Å². The summed E-state index contributed by atoms with van der Waals surface area (Å²) in [7, 11) is 0. The topological polar surface area (TPSA) is 73.3 Å². The first-order valence-corrected chi connectivity index (χ1v) is 4.41. The van der Waals surface area contributed by atoms with Gasteiger partial charge in [-0.25, -0.2) is 0 Å². The van der Waals surface area contributed by atoms with E-state index in [9.17, 15) is 5.11 Å². The molecule has 1 saturated heterocycles. The molecule has 0 bridgehead atoms. The number of rotatable bonds is 3. The minimum atomic E-state index is -0.224. The Morgan fingerprint density at radius 1 is 1.83 bits per heavy atom. The van der Waals surface area contributed by atoms with Crippen molar-refractivity contribution >= 4 is 5.84 Å². The van der Waals surface area contributed by atoms with Gasteiger partial charge in [0.15, 0.2) is 0 Å². The van der Waals surface area contributed by atoms with E-state index in [0.717, 1.165) is 19.4 Å². The van der Waals surface area contributed by atoms with Gasteiger partial charge in [-0.1, -0.05) is 6.92 Å². The standard InChI is InChI=1S/C8H17N3O/c1-2-7(8(9)10)11-4-3-6(12)5-11/h6-7,12H,2-5H2,1H3,(H3,9,10). The van der Waals surface area contributed by atoms with Crippen LogP contribution in [0.3, 0.4) is 0 Å². The lowest BCUT2D eigenvalue weighted by molar-refractivity contribution is 0.169. The zero-order chi connectivity index (χ0) is 9.14. The lowest BCUT2D eigenvalue weighted by Crippen LogP contribution is -2.43. The van der Waals surface area contributed by atoms with E-state index in [1.165, 1.54) is 0 Å². The Kier molecular flexibility index (Phi) is 3.05. The number of likely N-dealkylation sites (tertiary alicyclic amines) is 1. The van der Waals surface area contributed by atoms with Crippen molar-refractivity contribution in [3.05, 3.63) is 0 Å². The summed E-state index contributed by atoms with van der Waals surface area (Å²) in [6, 6.07) is 0.0298. The van der Waals surface area contributed by atoms with Crippen molar-refractivity contribution in [2.75, 3.05) is 13.1 Å². The molecule has 1 aliphatic heterocycles. The molecule has 4 heteroatoms. The fourth-order valence-electron chi connectivity index (χ4n) is 1.73. The molecule has 1 heterocycles. The van der Waals surface area contributed by atoms with Crippen LogP contribution in [0.4, 0.5) is 0 Å². The molecule has 0 radical (unpaired) electrons. The van der Waals surface area contributed by atoms with E-state index < -0.39 is 0 Å². The molecule has 1 fully saturated rings. The van der Waals surface area contributed by atoms with Crippen LogP contribution in [0.5, 0.6) is 0 Å². The average Bonchev–Trinajstić information content (AvgIpc) is 2.37. The summed E-state index contributed by atoms with van der Waals surface area (Å²) in [5, 5.41) is 16.6. The molecule has 2 unspecified atom stereocenters. The van der Waals surface area contributed by atoms with E-state index in [-0.39, 0.29) is 18.0 Å². The van der Waals surface area contributed by atoms with Crippen molar-refractivity contribution in [1.29, 1.82) is 5.41 Å². The third kappa shape index (κ3) is 1.95. The normalized spacial score (nSPS) is 27.3. The van der Waals surface area contributed by atoms with Gasteiger partial charge in [-0.05, 0) is 12.8 Å². The third-order valence-electron chi connectivity index (χ3n) is 2.38. The third-order valence-corrected chi connectivity index (χ3v) is 2.38. The highest BCUT2D eigenvalue weighted by Crippen LogP contribution is 2.14. The van der Waals surface area contributed by atoms with Crippen LogP contribution in [0.2, 0.25) is 0 Å². The molecule has 0 aromatic heterocycles. The first kappa shape index (κ1) is 9.48. The van der Waals surface area contributed by atoms with Crippen LogP contribution in [-0.2, 0) is 0 Å². The molecule has 0 aliphatic carbocycles. The van der Waals surface area contributed by atoms with Gasteiger partial charge >= 0.3 is 0 Å². The van der Waals surface area contributed by atoms with Crippen LogP contribution in [0.1, 0.15) is 19.8 Å². The fraction of sp³-hybridized carbons (Fsp3) is 0.875. The number of aliphatic hydroxyl groups is 1. The van der Waals surface area contributed by atoms with Gasteiger partial charge in [0, 0.05) is 13.1 Å². The maximum absolute atomic E-state index is 9.27. The van der Waals surface area contributed by atoms with Gasteiger partial charge in [0.05, 0.1) is 12.1 Å². The molecule has 70 valence electrons. The SMILES string of the molecule is CCC(C(=N)N)N1CCC(O)C1. The van der Waals surface area contributed by atoms with Gasteiger partial charge in [-0.2, -0.15) is 0 Å². The Balaban J connectivity index is 2.49. The predicted molar refractivity (Wildman–Crippen MR) is 48.2 cm³/mol. The van der Waals surface area contributed by atoms with Gasteiger partial charge in [-0.3, -0.25) is 10.3 Å². The molecule has 1 aliphatic rings. The molecule has 0 aromatic carbocycles. The van der Waals surface area contributed by atoms with Crippen molar-refractivity contribution in [2.45, 2.75) is 31.9 Å². The molecule has 0 amide bonds. The minimum Gasteiger partial charge on any atom is -0.392 e. The highest BCUT2D eigenvalue weighted by atomic mass is 16.3. The van der Waals surface area contributed by atoms with Crippen LogP contribution < -0.4 is 5.73 Å². The lowest BCUT2D eigenvalue weighted by atomic mass is 10.2. The van der Waals surface area contributed by atoms with Gasteiger partial charge in [0.25, 0.3) is 0 Å². The Bertz CT molecular complexity index is 172. The molecule has 0 spiro atoms. The van der Waals surface area contributed by atoms with Crippen LogP contribution in [-0.4, -0.2) is 41.1 Å². The maximum atomic E-state index is 9.27. The number of nitrogens with zero attached hydrogens (tertiary/aromatic N) is 1. The van der Waals surface area contributed by atoms with E-state index in [1.807, 2.05) is 6.92 Å². The summed E-state index contributed by atoms with van der Waals surface area (Å²) < 4.78 is 0. The van der Waals surface area contributed by atoms with Gasteiger partial charge < -0.3 is 10.8 Å². The summed E-state index contributed by atoms with van der Waals surface area (Å²) in [4.78, 5) is 2.08. The Labute approximate surface area is 72.9 Å². The summed E-state index contributed by atoms with van der Waals surface area (Å²) in [5.41, 5.74) is 5.43. The molecule has 4 N–H and O–H groups in total. The Hall–Kier alpha value is -0.610. The highest BCUT2D eigenvalue weighted by Gasteiger charge is 2.27. The molecule has 0 saturated carbocycles. The van der Waals surface area contributed by atoms with Crippen molar-refractivity contribution in [1.82, 2.24) is 4.90 Å². The maximum Gasteiger partial charge on any atom is 0.108 e. The van der Waals surface area contributed by atoms with E-state index in [2.05, 4.69) is 4.90 Å². The molecular weight excluding hydrogens is 154 g/mol. The second-order valence-corrected chi connectivity index (χ2v) is 3.32. The van der Waals surface area contributed by atoms with Gasteiger partial charge in [0.1, 0.15) is 5.84 Å². The molecule has 2 atom stereocenters. The first-order chi connectivity index (χ1) is 5.65. The van der Waals surface area contributed by atoms with Gasteiger partial charge in [-0.15, -0.1) is 0 Å². The monoisotopic (exact) mass is 171 g/mol. The quantitative estimate of drug-likeness (QED) is 0.405. The fourth-order valence-corrected chi connectivity index (χ4v) is 1.73. The van der Waals surface area contributed by atoms with Crippen molar-refractivity contribution in [3.8, 4) is 0 Å². The largest absolute Gasteiger partial charge is 0.392 e. The number of aliphatic hydroxyl groups excluding tert-OH is 1. The van der Waals surface area contributed by atoms with Crippen LogP contribution in [0.25, 0.3) is 0 Å². The summed E-state index contributed by atoms with van der Waals surface area (Å²) >= 11 is 0. The van der Waals surface area contributed by atoms with E-state index in [0.29, 0.717) is 6.54 Å². The Morgan fingerprint density at radius 2 is 2.50 bits per heavy atom. The Morgan fingerprint density at radius 3 is 2.83 bits per heavy atom. The minimum absolute atomic E-state index is 0.0298. The summed E-state index contributed by atoms with van der Waals surface area (Å²) in [6.45, 7) is 3.54. The van der Waals surface area contributed by atoms with E-state index in [1.54, 1.807) is 0 Å². The number of amidine groups is 1. The predicted octanol–water partition coefficient (Wildman–Crippen LogP) is -0.232. The second kappa shape index (κ2) is 3.87. The van der Waals surface area contributed by atoms with Crippen molar-refractivity contribution in [2.24, 2.45) is 5.73 Å². The molecular formula is C8H17N3O. The number of hydrogen-bond acceptors (Lipinski definition) is 3. The second-order valence-electron chi connectivity index (χ2n) is 3.32. The zero-order valence-electron chi connectivity index (χ0n) is 7.45. The number of nitrogens with two attached hydrogens (primary N) is 1. The number of nitrogens with one attached hydrogen (secondary N) is 1. The number of hydrogen-bond donors (Lipinski definition) is 3. The first-order valence-electron chi connectivity index (χ1n) is 4.41. The average molecular weight is 171 g/mol. The molecule has 4 nitrogen and oxygen atoms in total. The summed E-state index contributed by atoms with van der Waals surface area (Å²) in [5.74, 6) is 0.214. The van der Waals surface area contributed by atoms with Crippen LogP contribution >= 0.6 is 0 Å². The zero-order valence-corrected chi connectivity index (χ0v) is 7.45. The van der Waals surface area contributed by atoms with Crippen molar-refractivity contribution < 1.29 is 5.11 Å². The number of β-amino-alcohol motifs (C(OH)–C–C–N with tert-alkyl or cyclic N) is 1. The smallest absolute Gasteiger partial charge is 0.108 e. The highest BCUT2D eigenvalue weighted by molar-refractivity contribution is 5.82. The molecule has 12 heavy (non-hydrogen) atoms. The van der Waals surface area contributed by atoms with Gasteiger partial charge in [0.2, 0.25) is 0 Å². The van der Waals surface area contributed by atoms with E-state index >= 15 is 0 Å². The van der Waals surface area contributed by atoms with Crippen molar-refractivity contribution in [3.63, 3.8) is 0 Å². The molecule has 1 rings (SSSR count). The molecule has 0 aromatic rings.